The number of nitrogens with one attached hydrogen (secondary N) is 1. The maximum absolute atomic E-state index is 13.4. The molecule has 0 aliphatic rings. The molecule has 0 saturated carbocycles. The van der Waals surface area contributed by atoms with Crippen molar-refractivity contribution in [3.8, 4) is 0 Å². The van der Waals surface area contributed by atoms with Crippen molar-refractivity contribution in [2.75, 3.05) is 10.8 Å². The molecule has 1 N–H and O–H groups in total. The summed E-state index contributed by atoms with van der Waals surface area (Å²) in [6.45, 7) is -0.634. The molecule has 0 fully saturated rings. The van der Waals surface area contributed by atoms with E-state index in [0.29, 0.717) is 0 Å². The van der Waals surface area contributed by atoms with E-state index in [-0.39, 0.29) is 5.69 Å². The second-order valence-electron chi connectivity index (χ2n) is 7.43. The van der Waals surface area contributed by atoms with Gasteiger partial charge in [-0.25, -0.2) is 13.8 Å². The van der Waals surface area contributed by atoms with E-state index in [1.165, 1.54) is 30.5 Å². The zero-order chi connectivity index (χ0) is 24.8. The van der Waals surface area contributed by atoms with Crippen LogP contribution in [0.5, 0.6) is 0 Å². The Morgan fingerprint density at radius 3 is 2.34 bits per heavy atom. The first-order valence-electron chi connectivity index (χ1n) is 10.5. The Hall–Kier alpha value is -4.57. The fraction of sp³-hybridized carbons (Fsp3) is 0.0400. The number of carbonyl (C=O) groups excluding carboxylic acids is 1. The van der Waals surface area contributed by atoms with Crippen molar-refractivity contribution in [2.24, 2.45) is 5.10 Å². The zero-order valence-corrected chi connectivity index (χ0v) is 19.1. The highest BCUT2D eigenvalue weighted by Crippen LogP contribution is 2.29. The first-order valence-corrected chi connectivity index (χ1v) is 11.9. The summed E-state index contributed by atoms with van der Waals surface area (Å²) >= 11 is 0. The molecule has 0 spiro atoms. The van der Waals surface area contributed by atoms with Crippen LogP contribution in [0.2, 0.25) is 0 Å². The van der Waals surface area contributed by atoms with Crippen LogP contribution in [0.15, 0.2) is 107 Å². The van der Waals surface area contributed by atoms with Crippen LogP contribution in [0.4, 0.5) is 11.4 Å². The van der Waals surface area contributed by atoms with Gasteiger partial charge in [0.25, 0.3) is 21.6 Å². The molecule has 1 amide bonds. The first kappa shape index (κ1) is 23.6. The van der Waals surface area contributed by atoms with Crippen molar-refractivity contribution in [1.29, 1.82) is 0 Å². The van der Waals surface area contributed by atoms with Crippen molar-refractivity contribution < 1.29 is 18.1 Å². The first-order chi connectivity index (χ1) is 16.9. The number of hydrogen-bond acceptors (Lipinski definition) is 6. The van der Waals surface area contributed by atoms with Crippen LogP contribution in [0.3, 0.4) is 0 Å². The average molecular weight is 489 g/mol. The predicted octanol–water partition coefficient (Wildman–Crippen LogP) is 4.09. The molecule has 0 aliphatic heterocycles. The number of sulfonamides is 1. The van der Waals surface area contributed by atoms with Gasteiger partial charge in [-0.3, -0.25) is 19.2 Å². The maximum Gasteiger partial charge on any atom is 0.289 e. The predicted molar refractivity (Wildman–Crippen MR) is 134 cm³/mol. The van der Waals surface area contributed by atoms with E-state index in [0.717, 1.165) is 32.8 Å². The van der Waals surface area contributed by atoms with Crippen LogP contribution in [-0.2, 0) is 14.8 Å². The molecule has 0 atom stereocenters. The topological polar surface area (TPSA) is 122 Å². The third-order valence-corrected chi connectivity index (χ3v) is 7.00. The van der Waals surface area contributed by atoms with Gasteiger partial charge in [0.05, 0.1) is 16.8 Å². The van der Waals surface area contributed by atoms with Crippen molar-refractivity contribution in [2.45, 2.75) is 4.90 Å². The van der Waals surface area contributed by atoms with Gasteiger partial charge in [-0.15, -0.1) is 0 Å². The number of nitro groups is 1. The molecule has 0 aromatic heterocycles. The highest BCUT2D eigenvalue weighted by atomic mass is 32.2. The Kier molecular flexibility index (Phi) is 6.83. The molecule has 0 heterocycles. The number of para-hydroxylation sites is 2. The standard InChI is InChI=1S/C25H20N4O5S/c30-25(27-26-17-20-11-8-10-19-9-4-5-14-22(19)20)18-28(21-12-2-1-3-13-21)35(33,34)24-16-7-6-15-23(24)29(31)32/h1-17H,18H2,(H,27,30)/b26-17-. The second kappa shape index (κ2) is 10.1. The van der Waals surface area contributed by atoms with Crippen LogP contribution < -0.4 is 9.73 Å². The number of nitrogens with zero attached hydrogens (tertiary/aromatic N) is 3. The minimum atomic E-state index is -4.45. The van der Waals surface area contributed by atoms with Gasteiger partial charge < -0.3 is 0 Å². The Morgan fingerprint density at radius 1 is 0.914 bits per heavy atom. The SMILES string of the molecule is O=C(CN(c1ccccc1)S(=O)(=O)c1ccccc1[N+](=O)[O-])N/N=C\c1cccc2ccccc12. The smallest absolute Gasteiger partial charge is 0.271 e. The van der Waals surface area contributed by atoms with Crippen molar-refractivity contribution in [1.82, 2.24) is 5.43 Å². The summed E-state index contributed by atoms with van der Waals surface area (Å²) in [5.41, 5.74) is 2.72. The lowest BCUT2D eigenvalue weighted by atomic mass is 10.1. The summed E-state index contributed by atoms with van der Waals surface area (Å²) in [6, 6.07) is 26.2. The summed E-state index contributed by atoms with van der Waals surface area (Å²) in [5, 5.41) is 17.4. The average Bonchev–Trinajstić information content (AvgIpc) is 2.88. The van der Waals surface area contributed by atoms with E-state index in [1.54, 1.807) is 18.2 Å². The molecular weight excluding hydrogens is 468 g/mol. The van der Waals surface area contributed by atoms with Gasteiger partial charge >= 0.3 is 0 Å². The van der Waals surface area contributed by atoms with Gasteiger partial charge in [0.1, 0.15) is 6.54 Å². The highest BCUT2D eigenvalue weighted by molar-refractivity contribution is 7.93. The fourth-order valence-corrected chi connectivity index (χ4v) is 5.14. The van der Waals surface area contributed by atoms with Gasteiger partial charge in [0, 0.05) is 11.6 Å². The summed E-state index contributed by atoms with van der Waals surface area (Å²) in [4.78, 5) is 22.9. The van der Waals surface area contributed by atoms with E-state index >= 15 is 0 Å². The minimum absolute atomic E-state index is 0.179. The third-order valence-electron chi connectivity index (χ3n) is 5.18. The van der Waals surface area contributed by atoms with Gasteiger partial charge in [-0.1, -0.05) is 72.8 Å². The number of hydrazone groups is 1. The molecule has 10 heteroatoms. The van der Waals surface area contributed by atoms with Gasteiger partial charge in [-0.2, -0.15) is 5.10 Å². The number of benzene rings is 4. The largest absolute Gasteiger partial charge is 0.289 e. The van der Waals surface area contributed by atoms with E-state index in [2.05, 4.69) is 10.5 Å². The number of carbonyl (C=O) groups is 1. The lowest BCUT2D eigenvalue weighted by Crippen LogP contribution is -2.39. The van der Waals surface area contributed by atoms with Crippen LogP contribution >= 0.6 is 0 Å². The summed E-state index contributed by atoms with van der Waals surface area (Å²) < 4.78 is 27.7. The number of amides is 1. The van der Waals surface area contributed by atoms with Crippen LogP contribution in [-0.4, -0.2) is 32.0 Å². The lowest BCUT2D eigenvalue weighted by molar-refractivity contribution is -0.387. The minimum Gasteiger partial charge on any atom is -0.271 e. The molecule has 0 saturated heterocycles. The molecule has 0 bridgehead atoms. The number of fused-ring (bicyclic) bond motifs is 1. The van der Waals surface area contributed by atoms with Crippen LogP contribution in [0.1, 0.15) is 5.56 Å². The lowest BCUT2D eigenvalue weighted by Gasteiger charge is -2.23. The molecule has 35 heavy (non-hydrogen) atoms. The number of nitro benzene ring substituents is 1. The van der Waals surface area contributed by atoms with Crippen molar-refractivity contribution in [3.05, 3.63) is 113 Å². The zero-order valence-electron chi connectivity index (χ0n) is 18.3. The quantitative estimate of drug-likeness (QED) is 0.227. The molecule has 4 aromatic rings. The third kappa shape index (κ3) is 5.17. The normalized spacial score (nSPS) is 11.4. The molecule has 0 unspecified atom stereocenters. The summed E-state index contributed by atoms with van der Waals surface area (Å²) in [6.07, 6.45) is 1.48. The molecule has 0 aliphatic carbocycles. The van der Waals surface area contributed by atoms with Crippen LogP contribution in [0.25, 0.3) is 10.8 Å². The molecular formula is C25H20N4O5S. The maximum atomic E-state index is 13.4. The van der Waals surface area contributed by atoms with E-state index in [1.807, 2.05) is 42.5 Å². The van der Waals surface area contributed by atoms with Crippen molar-refractivity contribution >= 4 is 44.3 Å². The molecule has 4 aromatic carbocycles. The molecule has 0 radical (unpaired) electrons. The molecule has 9 nitrogen and oxygen atoms in total. The Morgan fingerprint density at radius 2 is 1.57 bits per heavy atom. The number of rotatable bonds is 8. The second-order valence-corrected chi connectivity index (χ2v) is 9.26. The van der Waals surface area contributed by atoms with Gasteiger partial charge in [0.15, 0.2) is 4.90 Å². The number of anilines is 1. The Balaban J connectivity index is 1.61. The van der Waals surface area contributed by atoms with E-state index in [4.69, 9.17) is 0 Å². The molecule has 4 rings (SSSR count). The van der Waals surface area contributed by atoms with Crippen molar-refractivity contribution in [3.63, 3.8) is 0 Å². The molecule has 176 valence electrons. The van der Waals surface area contributed by atoms with Gasteiger partial charge in [-0.05, 0) is 29.0 Å². The van der Waals surface area contributed by atoms with E-state index < -0.39 is 38.0 Å². The van der Waals surface area contributed by atoms with Gasteiger partial charge in [0.2, 0.25) is 0 Å². The van der Waals surface area contributed by atoms with Crippen LogP contribution in [0, 0.1) is 10.1 Å². The summed E-state index contributed by atoms with van der Waals surface area (Å²) in [7, 11) is -4.45. The number of hydrogen-bond donors (Lipinski definition) is 1. The Labute approximate surface area is 201 Å². The fourth-order valence-electron chi connectivity index (χ4n) is 3.56. The van der Waals surface area contributed by atoms with E-state index in [9.17, 15) is 23.3 Å². The Bertz CT molecular complexity index is 1520. The monoisotopic (exact) mass is 488 g/mol. The summed E-state index contributed by atoms with van der Waals surface area (Å²) in [5.74, 6) is -0.715. The highest BCUT2D eigenvalue weighted by Gasteiger charge is 2.33.